The first-order valence-corrected chi connectivity index (χ1v) is 8.12. The van der Waals surface area contributed by atoms with Crippen molar-refractivity contribution < 1.29 is 13.2 Å². The van der Waals surface area contributed by atoms with Crippen molar-refractivity contribution in [3.05, 3.63) is 72.9 Å². The predicted octanol–water partition coefficient (Wildman–Crippen LogP) is 6.78. The van der Waals surface area contributed by atoms with Crippen molar-refractivity contribution >= 4 is 54.3 Å². The molecule has 0 fully saturated rings. The number of rotatable bonds is 0. The predicted molar refractivity (Wildman–Crippen MR) is 98.5 cm³/mol. The smallest absolute Gasteiger partial charge is 0.278 e. The Morgan fingerprint density at radius 1 is 0.560 bits per heavy atom. The summed E-state index contributed by atoms with van der Waals surface area (Å²) >= 11 is 0. The molecule has 0 aliphatic heterocycles. The summed E-state index contributed by atoms with van der Waals surface area (Å²) in [6.45, 7) is 0. The molecule has 0 N–H and O–H groups in total. The average Bonchev–Trinajstić information content (AvgIpc) is 3.21. The molecule has 0 spiro atoms. The third-order valence-corrected chi connectivity index (χ3v) is 5.01. The number of fused-ring (bicyclic) bond motifs is 7. The zero-order chi connectivity index (χ0) is 16.5. The van der Waals surface area contributed by atoms with Gasteiger partial charge in [0.1, 0.15) is 11.2 Å². The first-order chi connectivity index (χ1) is 12.3. The van der Waals surface area contributed by atoms with Crippen LogP contribution >= 0.6 is 0 Å². The lowest BCUT2D eigenvalue weighted by molar-refractivity contribution is 0.381. The second-order valence-corrected chi connectivity index (χ2v) is 6.42. The van der Waals surface area contributed by atoms with Gasteiger partial charge in [0.2, 0.25) is 0 Å². The Balaban J connectivity index is 1.81. The van der Waals surface area contributed by atoms with Crippen LogP contribution in [-0.4, -0.2) is 0 Å². The number of hydrogen-bond acceptors (Lipinski definition) is 2. The summed E-state index contributed by atoms with van der Waals surface area (Å²) in [6.07, 6.45) is 1.71. The van der Waals surface area contributed by atoms with Crippen LogP contribution in [0.2, 0.25) is 0 Å². The van der Waals surface area contributed by atoms with Gasteiger partial charge in [-0.2, -0.15) is 4.39 Å². The molecule has 0 saturated heterocycles. The van der Waals surface area contributed by atoms with Crippen LogP contribution in [0.4, 0.5) is 4.39 Å². The van der Waals surface area contributed by atoms with Crippen molar-refractivity contribution in [2.75, 3.05) is 0 Å². The SMILES string of the molecule is Fc1cc2cc3c(ccc4c5cc6ccoc6cc5ccc34)cc2o1. The fraction of sp³-hybridized carbons (Fsp3) is 0. The highest BCUT2D eigenvalue weighted by Gasteiger charge is 2.10. The lowest BCUT2D eigenvalue weighted by Crippen LogP contribution is -1.81. The molecule has 0 amide bonds. The van der Waals surface area contributed by atoms with Crippen molar-refractivity contribution in [3.8, 4) is 0 Å². The Hall–Kier alpha value is -3.33. The summed E-state index contributed by atoms with van der Waals surface area (Å²) < 4.78 is 24.1. The van der Waals surface area contributed by atoms with E-state index in [1.54, 1.807) is 6.26 Å². The molecule has 0 unspecified atom stereocenters. The molecule has 0 atom stereocenters. The summed E-state index contributed by atoms with van der Waals surface area (Å²) in [4.78, 5) is 0. The van der Waals surface area contributed by atoms with Crippen molar-refractivity contribution in [2.45, 2.75) is 0 Å². The van der Waals surface area contributed by atoms with Gasteiger partial charge in [0.15, 0.2) is 0 Å². The Bertz CT molecular complexity index is 1450. The Morgan fingerprint density at radius 3 is 2.00 bits per heavy atom. The molecular formula is C22H11FO2. The highest BCUT2D eigenvalue weighted by molar-refractivity contribution is 6.20. The summed E-state index contributed by atoms with van der Waals surface area (Å²) in [5.41, 5.74) is 1.47. The van der Waals surface area contributed by atoms with Gasteiger partial charge in [-0.3, -0.25) is 0 Å². The maximum absolute atomic E-state index is 13.4. The lowest BCUT2D eigenvalue weighted by Gasteiger charge is -2.08. The molecule has 0 saturated carbocycles. The van der Waals surface area contributed by atoms with Crippen molar-refractivity contribution in [3.63, 3.8) is 0 Å². The number of benzene rings is 4. The van der Waals surface area contributed by atoms with Crippen molar-refractivity contribution in [2.24, 2.45) is 0 Å². The second kappa shape index (κ2) is 4.39. The van der Waals surface area contributed by atoms with E-state index in [4.69, 9.17) is 8.83 Å². The molecular weight excluding hydrogens is 315 g/mol. The quantitative estimate of drug-likeness (QED) is 0.288. The average molecular weight is 326 g/mol. The first kappa shape index (κ1) is 13.0. The van der Waals surface area contributed by atoms with Gasteiger partial charge in [-0.05, 0) is 62.6 Å². The highest BCUT2D eigenvalue weighted by atomic mass is 19.1. The third kappa shape index (κ3) is 1.72. The first-order valence-electron chi connectivity index (χ1n) is 8.12. The van der Waals surface area contributed by atoms with Gasteiger partial charge in [0, 0.05) is 16.8 Å². The van der Waals surface area contributed by atoms with Crippen LogP contribution in [0.5, 0.6) is 0 Å². The van der Waals surface area contributed by atoms with E-state index in [1.165, 1.54) is 16.8 Å². The van der Waals surface area contributed by atoms with Gasteiger partial charge < -0.3 is 8.83 Å². The van der Waals surface area contributed by atoms with E-state index in [0.717, 1.165) is 37.9 Å². The van der Waals surface area contributed by atoms with Crippen LogP contribution in [0.15, 0.2) is 75.8 Å². The van der Waals surface area contributed by atoms with E-state index < -0.39 is 6.01 Å². The van der Waals surface area contributed by atoms with Crippen LogP contribution in [0, 0.1) is 6.01 Å². The number of hydrogen-bond donors (Lipinski definition) is 0. The van der Waals surface area contributed by atoms with Crippen LogP contribution < -0.4 is 0 Å². The normalized spacial score (nSPS) is 12.2. The summed E-state index contributed by atoms with van der Waals surface area (Å²) in [7, 11) is 0. The minimum atomic E-state index is -0.553. The standard InChI is InChI=1S/C22H11FO2/c23-22-11-15-8-19-13(10-21(15)25-22)2-4-16-17(19)3-1-12-9-20-14(5-6-24-20)7-18(12)16/h1-11H. The molecule has 0 radical (unpaired) electrons. The molecule has 2 aromatic heterocycles. The third-order valence-electron chi connectivity index (χ3n) is 5.01. The monoisotopic (exact) mass is 326 g/mol. The molecule has 6 aromatic rings. The Kier molecular flexibility index (Phi) is 2.29. The van der Waals surface area contributed by atoms with Gasteiger partial charge in [-0.15, -0.1) is 0 Å². The summed E-state index contributed by atoms with van der Waals surface area (Å²) in [6, 6.07) is 19.4. The van der Waals surface area contributed by atoms with E-state index >= 15 is 0 Å². The molecule has 118 valence electrons. The van der Waals surface area contributed by atoms with Crippen molar-refractivity contribution in [1.82, 2.24) is 0 Å². The molecule has 2 nitrogen and oxygen atoms in total. The Labute approximate surface area is 141 Å². The fourth-order valence-electron chi connectivity index (χ4n) is 3.83. The van der Waals surface area contributed by atoms with E-state index in [9.17, 15) is 4.39 Å². The molecule has 6 rings (SSSR count). The van der Waals surface area contributed by atoms with E-state index in [-0.39, 0.29) is 0 Å². The fourth-order valence-corrected chi connectivity index (χ4v) is 3.83. The van der Waals surface area contributed by atoms with Gasteiger partial charge in [0.05, 0.1) is 6.26 Å². The largest absolute Gasteiger partial charge is 0.464 e. The minimum Gasteiger partial charge on any atom is -0.464 e. The maximum atomic E-state index is 13.4. The molecule has 25 heavy (non-hydrogen) atoms. The van der Waals surface area contributed by atoms with Crippen LogP contribution in [0.1, 0.15) is 0 Å². The van der Waals surface area contributed by atoms with E-state index in [0.29, 0.717) is 5.58 Å². The maximum Gasteiger partial charge on any atom is 0.278 e. The molecule has 0 aliphatic rings. The topological polar surface area (TPSA) is 26.3 Å². The van der Waals surface area contributed by atoms with Gasteiger partial charge >= 0.3 is 0 Å². The molecule has 3 heteroatoms. The van der Waals surface area contributed by atoms with Gasteiger partial charge in [-0.1, -0.05) is 24.3 Å². The number of halogens is 1. The van der Waals surface area contributed by atoms with Gasteiger partial charge in [-0.25, -0.2) is 0 Å². The molecule has 4 aromatic carbocycles. The number of furan rings is 2. The van der Waals surface area contributed by atoms with E-state index in [2.05, 4.69) is 36.4 Å². The summed E-state index contributed by atoms with van der Waals surface area (Å²) in [5.74, 6) is 0. The lowest BCUT2D eigenvalue weighted by atomic mass is 9.96. The van der Waals surface area contributed by atoms with E-state index in [1.807, 2.05) is 18.2 Å². The molecule has 0 aliphatic carbocycles. The van der Waals surface area contributed by atoms with Crippen LogP contribution in [0.25, 0.3) is 54.3 Å². The van der Waals surface area contributed by atoms with Crippen LogP contribution in [0.3, 0.4) is 0 Å². The zero-order valence-corrected chi connectivity index (χ0v) is 13.0. The summed E-state index contributed by atoms with van der Waals surface area (Å²) in [5, 5.41) is 8.66. The van der Waals surface area contributed by atoms with Crippen molar-refractivity contribution in [1.29, 1.82) is 0 Å². The van der Waals surface area contributed by atoms with Gasteiger partial charge in [0.25, 0.3) is 6.01 Å². The highest BCUT2D eigenvalue weighted by Crippen LogP contribution is 2.35. The Morgan fingerprint density at radius 2 is 1.24 bits per heavy atom. The van der Waals surface area contributed by atoms with Crippen LogP contribution in [-0.2, 0) is 0 Å². The minimum absolute atomic E-state index is 0.553. The molecule has 0 bridgehead atoms. The second-order valence-electron chi connectivity index (χ2n) is 6.42. The zero-order valence-electron chi connectivity index (χ0n) is 13.0. The molecule has 2 heterocycles.